The number of ether oxygens (including phenoxy) is 2. The van der Waals surface area contributed by atoms with Gasteiger partial charge in [-0.2, -0.15) is 13.8 Å². The van der Waals surface area contributed by atoms with Crippen LogP contribution in [0.3, 0.4) is 0 Å². The first kappa shape index (κ1) is 17.9. The molecule has 0 aromatic rings. The van der Waals surface area contributed by atoms with Crippen molar-refractivity contribution in [3.05, 3.63) is 13.3 Å². The first-order valence-electron chi connectivity index (χ1n) is 3.31. The van der Waals surface area contributed by atoms with E-state index in [0.29, 0.717) is 6.61 Å². The van der Waals surface area contributed by atoms with E-state index >= 15 is 0 Å². The van der Waals surface area contributed by atoms with Gasteiger partial charge in [-0.15, -0.1) is 0 Å². The van der Waals surface area contributed by atoms with Crippen molar-refractivity contribution in [2.24, 2.45) is 0 Å². The summed E-state index contributed by atoms with van der Waals surface area (Å²) in [5.74, 6) is 0. The minimum atomic E-state index is -0.0231. The summed E-state index contributed by atoms with van der Waals surface area (Å²) in [5, 5.41) is 0. The maximum Gasteiger partial charge on any atom is 0.0441 e. The summed E-state index contributed by atoms with van der Waals surface area (Å²) in [6.07, 6.45) is 1.98. The van der Waals surface area contributed by atoms with Crippen LogP contribution in [0, 0.1) is 13.3 Å². The third kappa shape index (κ3) is 24.7. The van der Waals surface area contributed by atoms with Crippen LogP contribution in [0.1, 0.15) is 13.8 Å². The first-order chi connectivity index (χ1) is 4.72. The van der Waals surface area contributed by atoms with Gasteiger partial charge in [-0.05, 0) is 6.10 Å². The molecule has 0 aliphatic carbocycles. The molecule has 0 spiro atoms. The second-order valence-corrected chi connectivity index (χ2v) is 1.89. The smallest absolute Gasteiger partial charge is 0.0441 e. The Hall–Kier alpha value is 1.02. The average Bonchev–Trinajstić information content (AvgIpc) is 1.90. The molecule has 0 fully saturated rings. The van der Waals surface area contributed by atoms with Crippen LogP contribution in [0.5, 0.6) is 0 Å². The van der Waals surface area contributed by atoms with E-state index in [4.69, 9.17) is 9.47 Å². The van der Waals surface area contributed by atoms with Crippen molar-refractivity contribution in [3.8, 4) is 0 Å². The van der Waals surface area contributed by atoms with Crippen LogP contribution < -0.4 is 0 Å². The molecule has 67 valence electrons. The Kier molecular flexibility index (Phi) is 28.1. The fourth-order valence-corrected chi connectivity index (χ4v) is 0.254. The molecule has 0 bridgehead atoms. The first-order valence-corrected chi connectivity index (χ1v) is 3.31. The second kappa shape index (κ2) is 17.2. The predicted molar refractivity (Wildman–Crippen MR) is 43.7 cm³/mol. The second-order valence-electron chi connectivity index (χ2n) is 1.89. The van der Waals surface area contributed by atoms with Crippen molar-refractivity contribution in [1.29, 1.82) is 0 Å². The average molecular weight is 235 g/mol. The van der Waals surface area contributed by atoms with E-state index in [9.17, 15) is 0 Å². The van der Waals surface area contributed by atoms with Crippen LogP contribution in [0.15, 0.2) is 0 Å². The van der Waals surface area contributed by atoms with Crippen LogP contribution in [0.25, 0.3) is 0 Å². The summed E-state index contributed by atoms with van der Waals surface area (Å²) in [7, 11) is 3.23. The molecule has 0 saturated heterocycles. The molecule has 1 atom stereocenters. The van der Waals surface area contributed by atoms with Crippen molar-refractivity contribution < 1.29 is 42.2 Å². The predicted octanol–water partition coefficient (Wildman–Crippen LogP) is 1.71. The molecular formula is C8H18O2Y-2. The molecule has 0 aromatic carbocycles. The minimum Gasteiger partial charge on any atom is -0.411 e. The van der Waals surface area contributed by atoms with E-state index in [1.54, 1.807) is 14.2 Å². The van der Waals surface area contributed by atoms with Crippen LogP contribution in [-0.4, -0.2) is 26.9 Å². The van der Waals surface area contributed by atoms with Gasteiger partial charge in [-0.1, -0.05) is 0 Å². The Balaban J connectivity index is -0.000000140. The molecule has 1 radical (unpaired) electrons. The number of methoxy groups -OCH3 is 2. The Morgan fingerprint density at radius 3 is 1.82 bits per heavy atom. The van der Waals surface area contributed by atoms with Gasteiger partial charge in [0.2, 0.25) is 0 Å². The van der Waals surface area contributed by atoms with Gasteiger partial charge < -0.3 is 22.8 Å². The third-order valence-electron chi connectivity index (χ3n) is 0.686. The number of rotatable bonds is 3. The van der Waals surface area contributed by atoms with Crippen LogP contribution in [-0.2, 0) is 42.2 Å². The van der Waals surface area contributed by atoms with Gasteiger partial charge in [0, 0.05) is 53.5 Å². The Morgan fingerprint density at radius 2 is 1.73 bits per heavy atom. The summed E-state index contributed by atoms with van der Waals surface area (Å²) in [6.45, 7) is 8.16. The van der Waals surface area contributed by atoms with Crippen molar-refractivity contribution >= 4 is 0 Å². The number of hydrogen-bond donors (Lipinski definition) is 0. The van der Waals surface area contributed by atoms with Gasteiger partial charge in [-0.25, -0.2) is 0 Å². The van der Waals surface area contributed by atoms with E-state index in [1.807, 2.05) is 20.3 Å². The van der Waals surface area contributed by atoms with Crippen LogP contribution in [0.2, 0.25) is 0 Å². The van der Waals surface area contributed by atoms with E-state index in [2.05, 4.69) is 6.92 Å². The molecule has 0 heterocycles. The zero-order chi connectivity index (χ0) is 8.41. The van der Waals surface area contributed by atoms with Crippen LogP contribution in [0.4, 0.5) is 0 Å². The van der Waals surface area contributed by atoms with Gasteiger partial charge >= 0.3 is 0 Å². The minimum absolute atomic E-state index is 0. The zero-order valence-electron chi connectivity index (χ0n) is 7.96. The maximum atomic E-state index is 4.75. The quantitative estimate of drug-likeness (QED) is 0.693. The Bertz CT molecular complexity index is 51.4. The SMILES string of the molecule is C[CH-]C.[CH2-]C(COC)OC.[Y]. The van der Waals surface area contributed by atoms with Crippen molar-refractivity contribution in [1.82, 2.24) is 0 Å². The number of hydrogen-bond acceptors (Lipinski definition) is 2. The molecule has 0 rings (SSSR count). The zero-order valence-corrected chi connectivity index (χ0v) is 10.8. The molecule has 3 heteroatoms. The molecule has 2 nitrogen and oxygen atoms in total. The van der Waals surface area contributed by atoms with Crippen LogP contribution >= 0.6 is 0 Å². The molecule has 1 unspecified atom stereocenters. The van der Waals surface area contributed by atoms with Gasteiger partial charge in [-0.3, -0.25) is 0 Å². The van der Waals surface area contributed by atoms with Crippen molar-refractivity contribution in [2.45, 2.75) is 20.0 Å². The largest absolute Gasteiger partial charge is 0.411 e. The van der Waals surface area contributed by atoms with Crippen molar-refractivity contribution in [2.75, 3.05) is 20.8 Å². The summed E-state index contributed by atoms with van der Waals surface area (Å²) >= 11 is 0. The van der Waals surface area contributed by atoms with Gasteiger partial charge in [0.1, 0.15) is 0 Å². The summed E-state index contributed by atoms with van der Waals surface area (Å²) in [6, 6.07) is 0. The summed E-state index contributed by atoms with van der Waals surface area (Å²) < 4.78 is 9.46. The normalized spacial score (nSPS) is 10.6. The van der Waals surface area contributed by atoms with E-state index < -0.39 is 0 Å². The molecule has 0 aromatic heterocycles. The molecule has 0 N–H and O–H groups in total. The molecule has 0 amide bonds. The molecule has 0 saturated carbocycles. The Morgan fingerprint density at radius 1 is 1.36 bits per heavy atom. The van der Waals surface area contributed by atoms with E-state index in [0.717, 1.165) is 0 Å². The van der Waals surface area contributed by atoms with E-state index in [-0.39, 0.29) is 38.8 Å². The third-order valence-corrected chi connectivity index (χ3v) is 0.686. The maximum absolute atomic E-state index is 4.75. The Labute approximate surface area is 95.9 Å². The fourth-order valence-electron chi connectivity index (χ4n) is 0.254. The fraction of sp³-hybridized carbons (Fsp3) is 0.750. The molecular weight excluding hydrogens is 217 g/mol. The van der Waals surface area contributed by atoms with Gasteiger partial charge in [0.05, 0.1) is 0 Å². The standard InChI is InChI=1S/C5H11O2.C3H7.Y/c1-5(7-3)4-6-2;1-3-2;/h5H,1,4H2,2-3H3;3H,1-2H3;/q2*-1;. The summed E-state index contributed by atoms with van der Waals surface area (Å²) in [5.41, 5.74) is 0. The van der Waals surface area contributed by atoms with E-state index in [1.165, 1.54) is 0 Å². The molecule has 0 aliphatic rings. The van der Waals surface area contributed by atoms with Crippen molar-refractivity contribution in [3.63, 3.8) is 0 Å². The monoisotopic (exact) mass is 235 g/mol. The summed E-state index contributed by atoms with van der Waals surface area (Å²) in [4.78, 5) is 0. The molecule has 0 aliphatic heterocycles. The topological polar surface area (TPSA) is 18.5 Å². The van der Waals surface area contributed by atoms with Gasteiger partial charge in [0.15, 0.2) is 0 Å². The molecule has 11 heavy (non-hydrogen) atoms. The van der Waals surface area contributed by atoms with Gasteiger partial charge in [0.25, 0.3) is 0 Å².